The van der Waals surface area contributed by atoms with E-state index in [-0.39, 0.29) is 17.1 Å². The summed E-state index contributed by atoms with van der Waals surface area (Å²) in [5, 5.41) is 0. The number of rotatable bonds is 5. The summed E-state index contributed by atoms with van der Waals surface area (Å²) in [6, 6.07) is 10.0. The molecule has 1 atom stereocenters. The molecular weight excluding hydrogens is 347 g/mol. The van der Waals surface area contributed by atoms with Crippen molar-refractivity contribution in [2.75, 3.05) is 33.3 Å². The SMILES string of the molecule is CN(Cc1ccco1)C[C@H]1CCC2(CN(C(=O)c3ccccc3F)C2)OC1. The Morgan fingerprint density at radius 2 is 2.11 bits per heavy atom. The zero-order valence-corrected chi connectivity index (χ0v) is 15.6. The molecule has 1 spiro atoms. The molecule has 0 unspecified atom stereocenters. The number of amides is 1. The third-order valence-corrected chi connectivity index (χ3v) is 5.56. The summed E-state index contributed by atoms with van der Waals surface area (Å²) in [4.78, 5) is 16.4. The van der Waals surface area contributed by atoms with Gasteiger partial charge in [0.1, 0.15) is 17.2 Å². The summed E-state index contributed by atoms with van der Waals surface area (Å²) in [5.41, 5.74) is -0.0997. The van der Waals surface area contributed by atoms with Gasteiger partial charge in [0.05, 0.1) is 38.1 Å². The number of furan rings is 1. The zero-order chi connectivity index (χ0) is 18.9. The fourth-order valence-electron chi connectivity index (χ4n) is 4.08. The fourth-order valence-corrected chi connectivity index (χ4v) is 4.08. The molecule has 1 aromatic heterocycles. The van der Waals surface area contributed by atoms with E-state index in [1.165, 1.54) is 12.1 Å². The number of carbonyl (C=O) groups is 1. The highest BCUT2D eigenvalue weighted by Gasteiger charge is 2.48. The Kier molecular flexibility index (Phi) is 5.02. The first kappa shape index (κ1) is 18.2. The topological polar surface area (TPSA) is 45.9 Å². The van der Waals surface area contributed by atoms with Crippen molar-refractivity contribution in [2.45, 2.75) is 25.0 Å². The van der Waals surface area contributed by atoms with Crippen LogP contribution in [0, 0.1) is 11.7 Å². The average Bonchev–Trinajstić information content (AvgIpc) is 3.13. The lowest BCUT2D eigenvalue weighted by molar-refractivity contribution is -0.168. The van der Waals surface area contributed by atoms with Gasteiger partial charge in [0, 0.05) is 6.54 Å². The number of halogens is 1. The maximum Gasteiger partial charge on any atom is 0.257 e. The van der Waals surface area contributed by atoms with Gasteiger partial charge < -0.3 is 14.1 Å². The molecule has 6 heteroatoms. The molecule has 2 aliphatic heterocycles. The Morgan fingerprint density at radius 1 is 1.30 bits per heavy atom. The van der Waals surface area contributed by atoms with Gasteiger partial charge in [-0.2, -0.15) is 0 Å². The minimum absolute atomic E-state index is 0.139. The summed E-state index contributed by atoms with van der Waals surface area (Å²) >= 11 is 0. The Labute approximate surface area is 158 Å². The summed E-state index contributed by atoms with van der Waals surface area (Å²) in [5.74, 6) is 0.731. The molecule has 3 heterocycles. The van der Waals surface area contributed by atoms with Crippen LogP contribution in [0.25, 0.3) is 0 Å². The van der Waals surface area contributed by atoms with Crippen molar-refractivity contribution >= 4 is 5.91 Å². The lowest BCUT2D eigenvalue weighted by atomic mass is 9.82. The number of benzene rings is 1. The second-order valence-corrected chi connectivity index (χ2v) is 7.82. The monoisotopic (exact) mass is 372 g/mol. The summed E-state index contributed by atoms with van der Waals surface area (Å²) in [6.07, 6.45) is 3.71. The van der Waals surface area contributed by atoms with Gasteiger partial charge in [-0.15, -0.1) is 0 Å². The van der Waals surface area contributed by atoms with E-state index in [9.17, 15) is 9.18 Å². The molecule has 2 fully saturated rings. The van der Waals surface area contributed by atoms with Crippen molar-refractivity contribution in [3.63, 3.8) is 0 Å². The van der Waals surface area contributed by atoms with Gasteiger partial charge in [0.25, 0.3) is 5.91 Å². The number of carbonyl (C=O) groups excluding carboxylic acids is 1. The zero-order valence-electron chi connectivity index (χ0n) is 15.6. The van der Waals surface area contributed by atoms with Gasteiger partial charge in [-0.3, -0.25) is 9.69 Å². The van der Waals surface area contributed by atoms with E-state index in [4.69, 9.17) is 9.15 Å². The first-order valence-electron chi connectivity index (χ1n) is 9.43. The van der Waals surface area contributed by atoms with Crippen molar-refractivity contribution < 1.29 is 18.3 Å². The molecule has 0 N–H and O–H groups in total. The average molecular weight is 372 g/mol. The molecule has 27 heavy (non-hydrogen) atoms. The van der Waals surface area contributed by atoms with Crippen LogP contribution in [0.5, 0.6) is 0 Å². The van der Waals surface area contributed by atoms with Crippen LogP contribution in [-0.2, 0) is 11.3 Å². The predicted molar refractivity (Wildman–Crippen MR) is 98.8 cm³/mol. The second kappa shape index (κ2) is 7.44. The van der Waals surface area contributed by atoms with Gasteiger partial charge >= 0.3 is 0 Å². The molecular formula is C21H25FN2O3. The molecule has 0 radical (unpaired) electrons. The molecule has 0 saturated carbocycles. The van der Waals surface area contributed by atoms with Crippen LogP contribution in [-0.4, -0.2) is 54.6 Å². The van der Waals surface area contributed by atoms with Gasteiger partial charge in [0.2, 0.25) is 0 Å². The minimum Gasteiger partial charge on any atom is -0.468 e. The van der Waals surface area contributed by atoms with Gasteiger partial charge in [-0.05, 0) is 50.1 Å². The fraction of sp³-hybridized carbons (Fsp3) is 0.476. The molecule has 0 aliphatic carbocycles. The molecule has 1 aromatic carbocycles. The van der Waals surface area contributed by atoms with Crippen molar-refractivity contribution in [3.8, 4) is 0 Å². The standard InChI is InChI=1S/C21H25FN2O3/c1-23(12-17-5-4-10-26-17)11-16-8-9-21(27-13-16)14-24(15-21)20(25)18-6-2-3-7-19(18)22/h2-7,10,16H,8-9,11-15H2,1H3/t16-/m1/s1. The molecule has 144 valence electrons. The summed E-state index contributed by atoms with van der Waals surface area (Å²) in [7, 11) is 2.09. The molecule has 1 amide bonds. The Hall–Kier alpha value is -2.18. The van der Waals surface area contributed by atoms with Gasteiger partial charge in [-0.25, -0.2) is 4.39 Å². The van der Waals surface area contributed by atoms with E-state index in [2.05, 4.69) is 11.9 Å². The largest absolute Gasteiger partial charge is 0.468 e. The number of nitrogens with zero attached hydrogens (tertiary/aromatic N) is 2. The van der Waals surface area contributed by atoms with Gasteiger partial charge in [-0.1, -0.05) is 12.1 Å². The first-order chi connectivity index (χ1) is 13.0. The summed E-state index contributed by atoms with van der Waals surface area (Å²) < 4.78 is 25.4. The lowest BCUT2D eigenvalue weighted by Crippen LogP contribution is -2.66. The highest BCUT2D eigenvalue weighted by molar-refractivity contribution is 5.95. The van der Waals surface area contributed by atoms with Crippen molar-refractivity contribution in [2.24, 2.45) is 5.92 Å². The molecule has 0 bridgehead atoms. The molecule has 5 nitrogen and oxygen atoms in total. The van der Waals surface area contributed by atoms with Gasteiger partial charge in [0.15, 0.2) is 0 Å². The third-order valence-electron chi connectivity index (χ3n) is 5.56. The maximum atomic E-state index is 13.8. The van der Waals surface area contributed by atoms with Crippen LogP contribution >= 0.6 is 0 Å². The second-order valence-electron chi connectivity index (χ2n) is 7.82. The van der Waals surface area contributed by atoms with E-state index in [0.717, 1.165) is 31.7 Å². The van der Waals surface area contributed by atoms with Crippen molar-refractivity contribution in [3.05, 3.63) is 59.8 Å². The van der Waals surface area contributed by atoms with Crippen LogP contribution in [0.15, 0.2) is 47.1 Å². The smallest absolute Gasteiger partial charge is 0.257 e. The molecule has 2 aromatic rings. The summed E-state index contributed by atoms with van der Waals surface area (Å²) in [6.45, 7) is 3.54. The Bertz CT molecular complexity index is 776. The van der Waals surface area contributed by atoms with E-state index < -0.39 is 5.82 Å². The van der Waals surface area contributed by atoms with Crippen molar-refractivity contribution in [1.29, 1.82) is 0 Å². The van der Waals surface area contributed by atoms with E-state index in [1.807, 2.05) is 12.1 Å². The minimum atomic E-state index is -0.465. The highest BCUT2D eigenvalue weighted by Crippen LogP contribution is 2.37. The number of ether oxygens (including phenoxy) is 1. The first-order valence-corrected chi connectivity index (χ1v) is 9.43. The van der Waals surface area contributed by atoms with Crippen LogP contribution in [0.3, 0.4) is 0 Å². The third kappa shape index (κ3) is 3.92. The van der Waals surface area contributed by atoms with Crippen LogP contribution in [0.2, 0.25) is 0 Å². The molecule has 4 rings (SSSR count). The Balaban J connectivity index is 1.24. The predicted octanol–water partition coefficient (Wildman–Crippen LogP) is 3.17. The van der Waals surface area contributed by atoms with E-state index in [1.54, 1.807) is 23.3 Å². The van der Waals surface area contributed by atoms with E-state index in [0.29, 0.717) is 25.6 Å². The number of hydrogen-bond acceptors (Lipinski definition) is 4. The number of hydrogen-bond donors (Lipinski definition) is 0. The number of likely N-dealkylation sites (tertiary alicyclic amines) is 1. The quantitative estimate of drug-likeness (QED) is 0.809. The lowest BCUT2D eigenvalue weighted by Gasteiger charge is -2.53. The van der Waals surface area contributed by atoms with E-state index >= 15 is 0 Å². The van der Waals surface area contributed by atoms with Crippen molar-refractivity contribution in [1.82, 2.24) is 9.80 Å². The van der Waals surface area contributed by atoms with Crippen LogP contribution in [0.4, 0.5) is 4.39 Å². The normalized spacial score (nSPS) is 21.4. The highest BCUT2D eigenvalue weighted by atomic mass is 19.1. The van der Waals surface area contributed by atoms with Crippen LogP contribution in [0.1, 0.15) is 29.0 Å². The molecule has 2 aliphatic rings. The maximum absolute atomic E-state index is 13.8. The molecule has 2 saturated heterocycles. The Morgan fingerprint density at radius 3 is 2.78 bits per heavy atom. The van der Waals surface area contributed by atoms with Crippen LogP contribution < -0.4 is 0 Å².